The van der Waals surface area contributed by atoms with Gasteiger partial charge in [-0.05, 0) is 89.5 Å². The molecule has 39 heavy (non-hydrogen) atoms. The van der Waals surface area contributed by atoms with Crippen LogP contribution in [0.4, 0.5) is 0 Å². The molecule has 2 aliphatic rings. The van der Waals surface area contributed by atoms with E-state index in [1.807, 2.05) is 25.1 Å². The van der Waals surface area contributed by atoms with Gasteiger partial charge >= 0.3 is 5.97 Å². The van der Waals surface area contributed by atoms with Crippen LogP contribution < -0.4 is 5.32 Å². The lowest BCUT2D eigenvalue weighted by atomic mass is 9.71. The molecule has 4 atom stereocenters. The van der Waals surface area contributed by atoms with Crippen molar-refractivity contribution in [2.45, 2.75) is 117 Å². The van der Waals surface area contributed by atoms with Gasteiger partial charge in [-0.1, -0.05) is 73.9 Å². The number of hydrogen-bond donors (Lipinski definition) is 1. The number of amides is 1. The van der Waals surface area contributed by atoms with Crippen molar-refractivity contribution in [1.82, 2.24) is 5.32 Å². The standard InChI is InChI=1S/C33H49NO5/c1-23(17-18-27-24(2)14-12-20-32(27,4)5)13-11-21-33(6)22-19-28(38-39-33)25(3)30(35)34-29(31(36)37-7)26-15-9-8-10-16-26/h8-10,13,15-16,25,28-29H,11-12,14,17-22H2,1-7H3,(H,34,35)/b23-13+/t25-,28+,29-,33-/m1/s1. The van der Waals surface area contributed by atoms with Crippen LogP contribution in [-0.2, 0) is 24.1 Å². The fraction of sp³-hybridized carbons (Fsp3) is 0.636. The minimum absolute atomic E-state index is 0.267. The molecule has 1 aromatic carbocycles. The minimum atomic E-state index is -0.861. The van der Waals surface area contributed by atoms with Gasteiger partial charge in [0.15, 0.2) is 6.04 Å². The third kappa shape index (κ3) is 8.52. The molecule has 1 heterocycles. The monoisotopic (exact) mass is 539 g/mol. The first-order valence-corrected chi connectivity index (χ1v) is 14.6. The highest BCUT2D eigenvalue weighted by molar-refractivity contribution is 5.86. The van der Waals surface area contributed by atoms with E-state index in [0.29, 0.717) is 17.4 Å². The first-order chi connectivity index (χ1) is 18.5. The molecule has 0 radical (unpaired) electrons. The second-order valence-electron chi connectivity index (χ2n) is 12.5. The van der Waals surface area contributed by atoms with Crippen molar-refractivity contribution >= 4 is 11.9 Å². The highest BCUT2D eigenvalue weighted by Crippen LogP contribution is 2.42. The van der Waals surface area contributed by atoms with Crippen molar-refractivity contribution in [1.29, 1.82) is 0 Å². The molecule has 6 nitrogen and oxygen atoms in total. The van der Waals surface area contributed by atoms with E-state index in [2.05, 4.69) is 46.0 Å². The zero-order chi connectivity index (χ0) is 28.6. The average molecular weight is 540 g/mol. The summed E-state index contributed by atoms with van der Waals surface area (Å²) in [5.74, 6) is -1.25. The van der Waals surface area contributed by atoms with Gasteiger partial charge in [-0.25, -0.2) is 14.6 Å². The van der Waals surface area contributed by atoms with Gasteiger partial charge in [0.05, 0.1) is 13.0 Å². The number of ether oxygens (including phenoxy) is 1. The van der Waals surface area contributed by atoms with E-state index in [1.165, 1.54) is 31.9 Å². The second kappa shape index (κ2) is 13.8. The molecule has 0 saturated carbocycles. The van der Waals surface area contributed by atoms with Gasteiger partial charge in [-0.2, -0.15) is 0 Å². The maximum atomic E-state index is 13.0. The average Bonchev–Trinajstić information content (AvgIpc) is 2.91. The van der Waals surface area contributed by atoms with Gasteiger partial charge < -0.3 is 10.1 Å². The minimum Gasteiger partial charge on any atom is -0.467 e. The smallest absolute Gasteiger partial charge is 0.333 e. The summed E-state index contributed by atoms with van der Waals surface area (Å²) in [6.45, 7) is 13.2. The first kappa shape index (κ1) is 31.1. The van der Waals surface area contributed by atoms with E-state index in [4.69, 9.17) is 14.5 Å². The van der Waals surface area contributed by atoms with Gasteiger partial charge in [0.2, 0.25) is 5.91 Å². The molecule has 1 aliphatic carbocycles. The van der Waals surface area contributed by atoms with Crippen LogP contribution in [0.25, 0.3) is 0 Å². The highest BCUT2D eigenvalue weighted by atomic mass is 17.2. The number of esters is 1. The molecule has 1 aliphatic heterocycles. The van der Waals surface area contributed by atoms with Crippen LogP contribution in [0.1, 0.15) is 111 Å². The molecule has 6 heteroatoms. The van der Waals surface area contributed by atoms with Crippen LogP contribution in [0.2, 0.25) is 0 Å². The van der Waals surface area contributed by atoms with E-state index in [0.717, 1.165) is 32.1 Å². The van der Waals surface area contributed by atoms with Crippen molar-refractivity contribution in [3.8, 4) is 0 Å². The molecular formula is C33H49NO5. The van der Waals surface area contributed by atoms with Crippen LogP contribution >= 0.6 is 0 Å². The summed E-state index contributed by atoms with van der Waals surface area (Å²) in [6.07, 6.45) is 11.4. The highest BCUT2D eigenvalue weighted by Gasteiger charge is 2.38. The lowest BCUT2D eigenvalue weighted by Crippen LogP contribution is -2.45. The van der Waals surface area contributed by atoms with Crippen molar-refractivity contribution < 1.29 is 24.1 Å². The topological polar surface area (TPSA) is 73.9 Å². The number of nitrogens with one attached hydrogen (secondary N) is 1. The Morgan fingerprint density at radius 2 is 1.90 bits per heavy atom. The number of hydrogen-bond acceptors (Lipinski definition) is 5. The Morgan fingerprint density at radius 1 is 1.18 bits per heavy atom. The second-order valence-corrected chi connectivity index (χ2v) is 12.5. The molecule has 1 amide bonds. The number of methoxy groups -OCH3 is 1. The SMILES string of the molecule is COC(=O)[C@H](NC(=O)[C@H](C)[C@@H]1CC[C@@](C)(CC/C=C(\C)CCC2=C(C)CCCC2(C)C)OO1)c1ccccc1. The number of carbonyl (C=O) groups excluding carboxylic acids is 2. The summed E-state index contributed by atoms with van der Waals surface area (Å²) in [5, 5.41) is 2.83. The Kier molecular flexibility index (Phi) is 11.0. The predicted octanol–water partition coefficient (Wildman–Crippen LogP) is 7.56. The Balaban J connectivity index is 1.47. The zero-order valence-electron chi connectivity index (χ0n) is 25.1. The van der Waals surface area contributed by atoms with Gasteiger partial charge in [0, 0.05) is 0 Å². The van der Waals surface area contributed by atoms with E-state index in [9.17, 15) is 9.59 Å². The molecule has 3 rings (SSSR count). The quantitative estimate of drug-likeness (QED) is 0.178. The molecule has 0 spiro atoms. The number of benzene rings is 1. The maximum absolute atomic E-state index is 13.0. The Hall–Kier alpha value is -2.44. The lowest BCUT2D eigenvalue weighted by molar-refractivity contribution is -0.410. The van der Waals surface area contributed by atoms with Crippen LogP contribution in [0.15, 0.2) is 53.1 Å². The van der Waals surface area contributed by atoms with Crippen molar-refractivity contribution in [2.24, 2.45) is 11.3 Å². The third-order valence-electron chi connectivity index (χ3n) is 8.78. The molecular weight excluding hydrogens is 490 g/mol. The molecule has 1 aromatic rings. The van der Waals surface area contributed by atoms with E-state index >= 15 is 0 Å². The first-order valence-electron chi connectivity index (χ1n) is 14.6. The van der Waals surface area contributed by atoms with E-state index < -0.39 is 17.9 Å². The number of carbonyl (C=O) groups is 2. The number of allylic oxidation sites excluding steroid dienone is 4. The van der Waals surface area contributed by atoms with Gasteiger partial charge in [0.25, 0.3) is 0 Å². The van der Waals surface area contributed by atoms with Crippen molar-refractivity contribution in [2.75, 3.05) is 7.11 Å². The normalized spacial score (nSPS) is 25.1. The summed E-state index contributed by atoms with van der Waals surface area (Å²) in [6, 6.07) is 8.24. The summed E-state index contributed by atoms with van der Waals surface area (Å²) in [5.41, 5.74) is 5.30. The molecule has 0 bridgehead atoms. The predicted molar refractivity (Wildman–Crippen MR) is 155 cm³/mol. The summed E-state index contributed by atoms with van der Waals surface area (Å²) in [7, 11) is 1.32. The van der Waals surface area contributed by atoms with Crippen molar-refractivity contribution in [3.63, 3.8) is 0 Å². The summed E-state index contributed by atoms with van der Waals surface area (Å²) >= 11 is 0. The van der Waals surface area contributed by atoms with Crippen LogP contribution in [0.5, 0.6) is 0 Å². The van der Waals surface area contributed by atoms with Crippen LogP contribution in [0.3, 0.4) is 0 Å². The van der Waals surface area contributed by atoms with E-state index in [-0.39, 0.29) is 17.6 Å². The molecule has 216 valence electrons. The van der Waals surface area contributed by atoms with Gasteiger partial charge in [-0.15, -0.1) is 0 Å². The molecule has 1 N–H and O–H groups in total. The Labute approximate surface area is 235 Å². The zero-order valence-corrected chi connectivity index (χ0v) is 25.1. The molecule has 0 unspecified atom stereocenters. The van der Waals surface area contributed by atoms with E-state index in [1.54, 1.807) is 23.3 Å². The maximum Gasteiger partial charge on any atom is 0.333 e. The largest absolute Gasteiger partial charge is 0.467 e. The fourth-order valence-corrected chi connectivity index (χ4v) is 5.97. The van der Waals surface area contributed by atoms with Crippen LogP contribution in [0, 0.1) is 11.3 Å². The van der Waals surface area contributed by atoms with Crippen LogP contribution in [-0.4, -0.2) is 30.7 Å². The van der Waals surface area contributed by atoms with Gasteiger partial charge in [0.1, 0.15) is 11.7 Å². The summed E-state index contributed by atoms with van der Waals surface area (Å²) in [4.78, 5) is 37.0. The lowest BCUT2D eigenvalue weighted by Gasteiger charge is -2.37. The van der Waals surface area contributed by atoms with Crippen molar-refractivity contribution in [3.05, 3.63) is 58.7 Å². The molecule has 1 saturated heterocycles. The summed E-state index contributed by atoms with van der Waals surface area (Å²) < 4.78 is 4.92. The van der Waals surface area contributed by atoms with Gasteiger partial charge in [-0.3, -0.25) is 4.79 Å². The molecule has 0 aromatic heterocycles. The third-order valence-corrected chi connectivity index (χ3v) is 8.78. The fourth-order valence-electron chi connectivity index (χ4n) is 5.97. The molecule has 1 fully saturated rings. The number of rotatable bonds is 11. The Bertz CT molecular complexity index is 1030. The Morgan fingerprint density at radius 3 is 2.51 bits per heavy atom.